The predicted molar refractivity (Wildman–Crippen MR) is 63.3 cm³/mol. The van der Waals surface area contributed by atoms with E-state index >= 15 is 0 Å². The Labute approximate surface area is 87.0 Å². The van der Waals surface area contributed by atoms with Gasteiger partial charge >= 0.3 is 0 Å². The monoisotopic (exact) mass is 186 g/mol. The molecule has 0 saturated carbocycles. The van der Waals surface area contributed by atoms with Gasteiger partial charge in [0.05, 0.1) is 0 Å². The number of rotatable bonds is 4. The molecule has 0 bridgehead atoms. The lowest BCUT2D eigenvalue weighted by atomic mass is 10.0. The van der Waals surface area contributed by atoms with Crippen LogP contribution in [0.5, 0.6) is 0 Å². The summed E-state index contributed by atoms with van der Waals surface area (Å²) in [5, 5.41) is 0. The van der Waals surface area contributed by atoms with Gasteiger partial charge in [0.15, 0.2) is 0 Å². The SMILES string of the molecule is CC=C(C=CCC)Cc1ccccc1. The van der Waals surface area contributed by atoms with Crippen LogP contribution in [0.4, 0.5) is 0 Å². The molecule has 1 rings (SSSR count). The molecule has 0 atom stereocenters. The molecule has 0 fully saturated rings. The van der Waals surface area contributed by atoms with E-state index in [1.54, 1.807) is 0 Å². The van der Waals surface area contributed by atoms with Gasteiger partial charge in [-0.1, -0.05) is 55.5 Å². The van der Waals surface area contributed by atoms with Crippen molar-refractivity contribution in [3.05, 3.63) is 59.7 Å². The number of benzene rings is 1. The van der Waals surface area contributed by atoms with Gasteiger partial charge in [-0.05, 0) is 30.9 Å². The summed E-state index contributed by atoms with van der Waals surface area (Å²) >= 11 is 0. The third-order valence-corrected chi connectivity index (χ3v) is 2.19. The zero-order chi connectivity index (χ0) is 10.2. The molecule has 0 heteroatoms. The van der Waals surface area contributed by atoms with Gasteiger partial charge in [-0.15, -0.1) is 0 Å². The Bertz CT molecular complexity index is 304. The molecule has 0 unspecified atom stereocenters. The van der Waals surface area contributed by atoms with Crippen LogP contribution in [0.25, 0.3) is 0 Å². The van der Waals surface area contributed by atoms with E-state index in [-0.39, 0.29) is 0 Å². The van der Waals surface area contributed by atoms with Crippen LogP contribution in [0.2, 0.25) is 0 Å². The minimum atomic E-state index is 1.04. The van der Waals surface area contributed by atoms with E-state index in [2.05, 4.69) is 62.4 Å². The molecular formula is C14H18. The summed E-state index contributed by atoms with van der Waals surface area (Å²) in [7, 11) is 0. The minimum absolute atomic E-state index is 1.04. The highest BCUT2D eigenvalue weighted by molar-refractivity contribution is 5.27. The first kappa shape index (κ1) is 10.8. The molecule has 1 aromatic carbocycles. The normalized spacial score (nSPS) is 12.3. The smallest absolute Gasteiger partial charge is 0.00292 e. The Morgan fingerprint density at radius 2 is 1.93 bits per heavy atom. The molecular weight excluding hydrogens is 168 g/mol. The summed E-state index contributed by atoms with van der Waals surface area (Å²) in [6, 6.07) is 10.6. The first-order valence-electron chi connectivity index (χ1n) is 5.22. The predicted octanol–water partition coefficient (Wildman–Crippen LogP) is 4.14. The Morgan fingerprint density at radius 1 is 1.21 bits per heavy atom. The van der Waals surface area contributed by atoms with Gasteiger partial charge in [0, 0.05) is 0 Å². The molecule has 74 valence electrons. The van der Waals surface area contributed by atoms with Crippen LogP contribution >= 0.6 is 0 Å². The molecule has 0 nitrogen and oxygen atoms in total. The van der Waals surface area contributed by atoms with Crippen molar-refractivity contribution in [2.24, 2.45) is 0 Å². The largest absolute Gasteiger partial charge is 0.0845 e. The van der Waals surface area contributed by atoms with Gasteiger partial charge in [0.25, 0.3) is 0 Å². The van der Waals surface area contributed by atoms with Gasteiger partial charge < -0.3 is 0 Å². The maximum Gasteiger partial charge on any atom is -0.00292 e. The van der Waals surface area contributed by atoms with Crippen molar-refractivity contribution in [2.75, 3.05) is 0 Å². The summed E-state index contributed by atoms with van der Waals surface area (Å²) in [6.07, 6.45) is 8.74. The van der Waals surface area contributed by atoms with Crippen LogP contribution in [0.15, 0.2) is 54.1 Å². The zero-order valence-corrected chi connectivity index (χ0v) is 9.03. The molecule has 1 aromatic rings. The van der Waals surface area contributed by atoms with Crippen molar-refractivity contribution < 1.29 is 0 Å². The maximum atomic E-state index is 2.22. The van der Waals surface area contributed by atoms with Crippen LogP contribution in [0.1, 0.15) is 25.8 Å². The highest BCUT2D eigenvalue weighted by atomic mass is 14.0. The average molecular weight is 186 g/mol. The van der Waals surface area contributed by atoms with Crippen LogP contribution in [0, 0.1) is 0 Å². The quantitative estimate of drug-likeness (QED) is 0.620. The van der Waals surface area contributed by atoms with Gasteiger partial charge in [0.2, 0.25) is 0 Å². The van der Waals surface area contributed by atoms with Crippen molar-refractivity contribution in [1.82, 2.24) is 0 Å². The molecule has 0 N–H and O–H groups in total. The molecule has 0 spiro atoms. The molecule has 0 radical (unpaired) electrons. The van der Waals surface area contributed by atoms with Gasteiger partial charge in [-0.25, -0.2) is 0 Å². The van der Waals surface area contributed by atoms with Crippen molar-refractivity contribution in [2.45, 2.75) is 26.7 Å². The van der Waals surface area contributed by atoms with E-state index in [4.69, 9.17) is 0 Å². The highest BCUT2D eigenvalue weighted by Gasteiger charge is 1.93. The lowest BCUT2D eigenvalue weighted by molar-refractivity contribution is 1.16. The van der Waals surface area contributed by atoms with Crippen molar-refractivity contribution in [3.63, 3.8) is 0 Å². The Kier molecular flexibility index (Phi) is 4.77. The Morgan fingerprint density at radius 3 is 2.50 bits per heavy atom. The second-order valence-corrected chi connectivity index (χ2v) is 3.34. The fourth-order valence-electron chi connectivity index (χ4n) is 1.36. The Balaban J connectivity index is 2.63. The van der Waals surface area contributed by atoms with Gasteiger partial charge in [-0.2, -0.15) is 0 Å². The molecule has 0 amide bonds. The summed E-state index contributed by atoms with van der Waals surface area (Å²) in [5.41, 5.74) is 2.76. The van der Waals surface area contributed by atoms with E-state index in [0.717, 1.165) is 12.8 Å². The molecule has 14 heavy (non-hydrogen) atoms. The van der Waals surface area contributed by atoms with Crippen LogP contribution in [0.3, 0.4) is 0 Å². The lowest BCUT2D eigenvalue weighted by Gasteiger charge is -2.01. The van der Waals surface area contributed by atoms with Crippen LogP contribution < -0.4 is 0 Å². The third-order valence-electron chi connectivity index (χ3n) is 2.19. The summed E-state index contributed by atoms with van der Waals surface area (Å²) in [4.78, 5) is 0. The summed E-state index contributed by atoms with van der Waals surface area (Å²) < 4.78 is 0. The van der Waals surface area contributed by atoms with E-state index in [1.807, 2.05) is 0 Å². The molecule has 0 aliphatic heterocycles. The van der Waals surface area contributed by atoms with Crippen LogP contribution in [-0.2, 0) is 6.42 Å². The minimum Gasteiger partial charge on any atom is -0.0845 e. The number of hydrogen-bond donors (Lipinski definition) is 0. The molecule has 0 saturated heterocycles. The van der Waals surface area contributed by atoms with E-state index in [9.17, 15) is 0 Å². The number of hydrogen-bond acceptors (Lipinski definition) is 0. The van der Waals surface area contributed by atoms with Crippen molar-refractivity contribution >= 4 is 0 Å². The van der Waals surface area contributed by atoms with Gasteiger partial charge in [0.1, 0.15) is 0 Å². The van der Waals surface area contributed by atoms with Gasteiger partial charge in [-0.3, -0.25) is 0 Å². The van der Waals surface area contributed by atoms with Crippen molar-refractivity contribution in [1.29, 1.82) is 0 Å². The standard InChI is InChI=1S/C14H18/c1-3-5-9-13(4-2)12-14-10-7-6-8-11-14/h4-11H,3,12H2,1-2H3. The first-order chi connectivity index (χ1) is 6.86. The third kappa shape index (κ3) is 3.61. The second-order valence-electron chi connectivity index (χ2n) is 3.34. The van der Waals surface area contributed by atoms with E-state index < -0.39 is 0 Å². The first-order valence-corrected chi connectivity index (χ1v) is 5.22. The topological polar surface area (TPSA) is 0 Å². The van der Waals surface area contributed by atoms with E-state index in [1.165, 1.54) is 11.1 Å². The fourth-order valence-corrected chi connectivity index (χ4v) is 1.36. The van der Waals surface area contributed by atoms with E-state index in [0.29, 0.717) is 0 Å². The molecule has 0 aliphatic carbocycles. The summed E-state index contributed by atoms with van der Waals surface area (Å²) in [6.45, 7) is 4.25. The highest BCUT2D eigenvalue weighted by Crippen LogP contribution is 2.09. The zero-order valence-electron chi connectivity index (χ0n) is 9.03. The van der Waals surface area contributed by atoms with Crippen molar-refractivity contribution in [3.8, 4) is 0 Å². The van der Waals surface area contributed by atoms with Crippen LogP contribution in [-0.4, -0.2) is 0 Å². The average Bonchev–Trinajstić information content (AvgIpc) is 2.25. The molecule has 0 aromatic heterocycles. The Hall–Kier alpha value is -1.30. The molecule has 0 aliphatic rings. The fraction of sp³-hybridized carbons (Fsp3) is 0.286. The molecule has 0 heterocycles. The number of allylic oxidation sites excluding steroid dienone is 4. The second kappa shape index (κ2) is 6.20. The lowest BCUT2D eigenvalue weighted by Crippen LogP contribution is -1.86. The maximum absolute atomic E-state index is 2.22. The summed E-state index contributed by atoms with van der Waals surface area (Å²) in [5.74, 6) is 0.